The van der Waals surface area contributed by atoms with Gasteiger partial charge in [0.15, 0.2) is 6.61 Å². The van der Waals surface area contributed by atoms with Gasteiger partial charge in [-0.15, -0.1) is 0 Å². The molecule has 0 saturated carbocycles. The third-order valence-corrected chi connectivity index (χ3v) is 5.33. The van der Waals surface area contributed by atoms with Crippen LogP contribution in [0.3, 0.4) is 0 Å². The highest BCUT2D eigenvalue weighted by Crippen LogP contribution is 2.21. The van der Waals surface area contributed by atoms with Crippen LogP contribution in [-0.4, -0.2) is 47.5 Å². The lowest BCUT2D eigenvalue weighted by Gasteiger charge is -2.44. The van der Waals surface area contributed by atoms with Gasteiger partial charge in [-0.3, -0.25) is 9.69 Å². The minimum absolute atomic E-state index is 0.0216. The van der Waals surface area contributed by atoms with Crippen molar-refractivity contribution in [3.63, 3.8) is 0 Å². The number of hydrogen-bond donors (Lipinski definition) is 0. The van der Waals surface area contributed by atoms with Gasteiger partial charge in [0, 0.05) is 36.7 Å². The topological polar surface area (TPSA) is 56.6 Å². The molecular weight excluding hydrogens is 393 g/mol. The number of ether oxygens (including phenoxy) is 1. The van der Waals surface area contributed by atoms with Crippen LogP contribution in [0.15, 0.2) is 48.5 Å². The number of piperazine rings is 1. The second-order valence-electron chi connectivity index (χ2n) is 7.21. The summed E-state index contributed by atoms with van der Waals surface area (Å²) < 4.78 is 18.7. The third kappa shape index (κ3) is 5.69. The van der Waals surface area contributed by atoms with Gasteiger partial charge in [0.1, 0.15) is 11.6 Å². The average Bonchev–Trinajstić information content (AvgIpc) is 2.71. The minimum atomic E-state index is -0.271. The van der Waals surface area contributed by atoms with Crippen molar-refractivity contribution in [1.29, 1.82) is 5.26 Å². The zero-order valence-corrected chi connectivity index (χ0v) is 17.0. The van der Waals surface area contributed by atoms with Gasteiger partial charge in [-0.1, -0.05) is 23.7 Å². The summed E-state index contributed by atoms with van der Waals surface area (Å²) in [4.78, 5) is 16.7. The van der Waals surface area contributed by atoms with Crippen molar-refractivity contribution in [3.8, 4) is 11.8 Å². The molecular formula is C22H23ClFN3O2. The predicted octanol–water partition coefficient (Wildman–Crippen LogP) is 3.87. The average molecular weight is 416 g/mol. The van der Waals surface area contributed by atoms with Crippen LogP contribution in [0.4, 0.5) is 4.39 Å². The first-order valence-corrected chi connectivity index (χ1v) is 9.87. The molecule has 3 rings (SSSR count). The van der Waals surface area contributed by atoms with Gasteiger partial charge in [-0.2, -0.15) is 5.26 Å². The van der Waals surface area contributed by atoms with Gasteiger partial charge in [-0.25, -0.2) is 4.39 Å². The van der Waals surface area contributed by atoms with Crippen LogP contribution in [0.5, 0.6) is 5.75 Å². The summed E-state index contributed by atoms with van der Waals surface area (Å²) in [5.74, 6) is 0.197. The number of carbonyl (C=O) groups excluding carboxylic acids is 1. The molecule has 1 saturated heterocycles. The first-order chi connectivity index (χ1) is 14.0. The van der Waals surface area contributed by atoms with E-state index in [2.05, 4.69) is 11.0 Å². The van der Waals surface area contributed by atoms with Crippen molar-refractivity contribution in [2.45, 2.75) is 32.0 Å². The maximum atomic E-state index is 13.2. The zero-order chi connectivity index (χ0) is 20.8. The molecule has 0 aliphatic carbocycles. The van der Waals surface area contributed by atoms with Crippen molar-refractivity contribution in [2.75, 3.05) is 19.7 Å². The molecule has 1 fully saturated rings. The van der Waals surface area contributed by atoms with E-state index in [1.807, 2.05) is 6.92 Å². The fraction of sp³-hybridized carbons (Fsp3) is 0.364. The number of hydrogen-bond acceptors (Lipinski definition) is 4. The Hall–Kier alpha value is -2.62. The Balaban J connectivity index is 1.62. The van der Waals surface area contributed by atoms with Crippen LogP contribution in [0.1, 0.15) is 18.9 Å². The Bertz CT molecular complexity index is 867. The summed E-state index contributed by atoms with van der Waals surface area (Å²) in [6.07, 6.45) is 0.315. The lowest BCUT2D eigenvalue weighted by atomic mass is 10.0. The first-order valence-electron chi connectivity index (χ1n) is 9.49. The number of halogens is 2. The van der Waals surface area contributed by atoms with E-state index in [0.29, 0.717) is 36.8 Å². The summed E-state index contributed by atoms with van der Waals surface area (Å²) in [5, 5.41) is 9.84. The molecule has 0 radical (unpaired) electrons. The van der Waals surface area contributed by atoms with Gasteiger partial charge >= 0.3 is 0 Å². The fourth-order valence-electron chi connectivity index (χ4n) is 3.53. The van der Waals surface area contributed by atoms with Crippen LogP contribution >= 0.6 is 11.6 Å². The zero-order valence-electron chi connectivity index (χ0n) is 16.2. The highest BCUT2D eigenvalue weighted by molar-refractivity contribution is 6.30. The molecule has 0 bridgehead atoms. The van der Waals surface area contributed by atoms with Gasteiger partial charge < -0.3 is 9.64 Å². The van der Waals surface area contributed by atoms with Gasteiger partial charge in [0.2, 0.25) is 0 Å². The van der Waals surface area contributed by atoms with E-state index in [4.69, 9.17) is 16.3 Å². The summed E-state index contributed by atoms with van der Waals surface area (Å²) in [5.41, 5.74) is 0.979. The molecule has 1 aliphatic rings. The van der Waals surface area contributed by atoms with Gasteiger partial charge in [0.25, 0.3) is 5.91 Å². The first kappa shape index (κ1) is 21.1. The standard InChI is InChI=1S/C22H23ClFN3O2/c1-16-12-26(13-17-2-6-19(24)7-3-17)20(10-11-25)14-27(16)22(28)15-29-21-8-4-18(23)5-9-21/h2-9,16,20H,10,12-15H2,1H3. The normalized spacial score (nSPS) is 19.6. The van der Waals surface area contributed by atoms with Gasteiger partial charge in [0.05, 0.1) is 12.5 Å². The van der Waals surface area contributed by atoms with E-state index in [1.54, 1.807) is 41.3 Å². The number of rotatable bonds is 6. The molecule has 5 nitrogen and oxygen atoms in total. The van der Waals surface area contributed by atoms with Crippen molar-refractivity contribution in [2.24, 2.45) is 0 Å². The SMILES string of the molecule is CC1CN(Cc2ccc(F)cc2)C(CC#N)CN1C(=O)COc1ccc(Cl)cc1. The van der Waals surface area contributed by atoms with E-state index in [9.17, 15) is 14.4 Å². The molecule has 1 amide bonds. The monoisotopic (exact) mass is 415 g/mol. The Morgan fingerprint density at radius 2 is 1.90 bits per heavy atom. The molecule has 1 heterocycles. The van der Waals surface area contributed by atoms with Crippen molar-refractivity contribution in [3.05, 3.63) is 64.9 Å². The smallest absolute Gasteiger partial charge is 0.260 e. The molecule has 2 unspecified atom stereocenters. The summed E-state index contributed by atoms with van der Waals surface area (Å²) in [6.45, 7) is 3.62. The molecule has 0 N–H and O–H groups in total. The van der Waals surface area contributed by atoms with E-state index in [-0.39, 0.29) is 30.4 Å². The van der Waals surface area contributed by atoms with E-state index in [1.165, 1.54) is 12.1 Å². The quantitative estimate of drug-likeness (QED) is 0.718. The second-order valence-corrected chi connectivity index (χ2v) is 7.65. The summed E-state index contributed by atoms with van der Waals surface area (Å²) in [6, 6.07) is 15.3. The van der Waals surface area contributed by atoms with Crippen molar-refractivity contribution in [1.82, 2.24) is 9.80 Å². The Labute approximate surface area is 175 Å². The molecule has 1 aliphatic heterocycles. The Morgan fingerprint density at radius 1 is 1.21 bits per heavy atom. The van der Waals surface area contributed by atoms with Crippen LogP contribution in [-0.2, 0) is 11.3 Å². The number of nitriles is 1. The molecule has 152 valence electrons. The van der Waals surface area contributed by atoms with Crippen LogP contribution in [0.25, 0.3) is 0 Å². The maximum Gasteiger partial charge on any atom is 0.260 e. The molecule has 0 aromatic heterocycles. The third-order valence-electron chi connectivity index (χ3n) is 5.08. The maximum absolute atomic E-state index is 13.2. The van der Waals surface area contributed by atoms with Crippen LogP contribution < -0.4 is 4.74 Å². The van der Waals surface area contributed by atoms with Crippen LogP contribution in [0, 0.1) is 17.1 Å². The molecule has 2 atom stereocenters. The Morgan fingerprint density at radius 3 is 2.55 bits per heavy atom. The molecule has 2 aromatic rings. The van der Waals surface area contributed by atoms with Gasteiger partial charge in [-0.05, 0) is 48.9 Å². The largest absolute Gasteiger partial charge is 0.484 e. The van der Waals surface area contributed by atoms with E-state index in [0.717, 1.165) is 5.56 Å². The number of carbonyl (C=O) groups is 1. The molecule has 7 heteroatoms. The molecule has 2 aromatic carbocycles. The minimum Gasteiger partial charge on any atom is -0.484 e. The molecule has 29 heavy (non-hydrogen) atoms. The summed E-state index contributed by atoms with van der Waals surface area (Å²) in [7, 11) is 0. The number of nitrogens with zero attached hydrogens (tertiary/aromatic N) is 3. The highest BCUT2D eigenvalue weighted by atomic mass is 35.5. The van der Waals surface area contributed by atoms with E-state index < -0.39 is 0 Å². The highest BCUT2D eigenvalue weighted by Gasteiger charge is 2.34. The second kappa shape index (κ2) is 9.73. The van der Waals surface area contributed by atoms with Crippen molar-refractivity contribution >= 4 is 17.5 Å². The number of amides is 1. The fourth-order valence-corrected chi connectivity index (χ4v) is 3.66. The predicted molar refractivity (Wildman–Crippen MR) is 109 cm³/mol. The van der Waals surface area contributed by atoms with Crippen molar-refractivity contribution < 1.29 is 13.9 Å². The summed E-state index contributed by atoms with van der Waals surface area (Å²) >= 11 is 5.86. The lowest BCUT2D eigenvalue weighted by molar-refractivity contribution is -0.139. The van der Waals surface area contributed by atoms with E-state index >= 15 is 0 Å². The Kier molecular flexibility index (Phi) is 7.08. The van der Waals surface area contributed by atoms with Crippen LogP contribution in [0.2, 0.25) is 5.02 Å². The molecule has 0 spiro atoms. The lowest BCUT2D eigenvalue weighted by Crippen LogP contribution is -2.59. The number of benzene rings is 2.